The molecule has 1 aromatic heterocycles. The monoisotopic (exact) mass is 508 g/mol. The molecular formula is C26H36N8O3. The van der Waals surface area contributed by atoms with Crippen LogP contribution in [0.1, 0.15) is 25.8 Å². The molecule has 11 heteroatoms. The van der Waals surface area contributed by atoms with Crippen LogP contribution in [0.25, 0.3) is 5.69 Å². The van der Waals surface area contributed by atoms with Crippen LogP contribution in [0, 0.1) is 11.3 Å². The van der Waals surface area contributed by atoms with Gasteiger partial charge in [0.1, 0.15) is 5.82 Å². The lowest BCUT2D eigenvalue weighted by molar-refractivity contribution is -0.137. The fourth-order valence-electron chi connectivity index (χ4n) is 5.54. The van der Waals surface area contributed by atoms with Gasteiger partial charge in [0.15, 0.2) is 0 Å². The van der Waals surface area contributed by atoms with Crippen molar-refractivity contribution >= 4 is 17.8 Å². The molecule has 5 N–H and O–H groups in total. The second-order valence-electron chi connectivity index (χ2n) is 11.2. The Labute approximate surface area is 216 Å². The van der Waals surface area contributed by atoms with Crippen LogP contribution >= 0.6 is 0 Å². The van der Waals surface area contributed by atoms with Gasteiger partial charge in [-0.15, -0.1) is 0 Å². The van der Waals surface area contributed by atoms with Crippen LogP contribution in [0.2, 0.25) is 0 Å². The van der Waals surface area contributed by atoms with E-state index >= 15 is 0 Å². The molecule has 37 heavy (non-hydrogen) atoms. The van der Waals surface area contributed by atoms with Gasteiger partial charge in [-0.05, 0) is 61.9 Å². The van der Waals surface area contributed by atoms with E-state index in [2.05, 4.69) is 15.2 Å². The van der Waals surface area contributed by atoms with Gasteiger partial charge < -0.3 is 21.3 Å². The number of rotatable bonds is 6. The van der Waals surface area contributed by atoms with Crippen LogP contribution in [0.4, 0.5) is 10.6 Å². The quantitative estimate of drug-likeness (QED) is 0.513. The molecular weight excluding hydrogens is 472 g/mol. The highest BCUT2D eigenvalue weighted by molar-refractivity contribution is 5.89. The number of nitrogens with zero attached hydrogens (tertiary/aromatic N) is 5. The summed E-state index contributed by atoms with van der Waals surface area (Å²) in [4.78, 5) is 47.5. The van der Waals surface area contributed by atoms with E-state index in [1.165, 1.54) is 16.6 Å². The zero-order valence-corrected chi connectivity index (χ0v) is 21.5. The molecule has 1 saturated carbocycles. The van der Waals surface area contributed by atoms with E-state index in [0.717, 1.165) is 32.1 Å². The number of likely N-dealkylation sites (tertiary alicyclic amines) is 1. The number of benzene rings is 1. The minimum absolute atomic E-state index is 0.140. The third-order valence-corrected chi connectivity index (χ3v) is 7.85. The van der Waals surface area contributed by atoms with E-state index in [4.69, 9.17) is 11.5 Å². The number of hydrogen-bond donors (Lipinski definition) is 3. The number of piperidine rings is 1. The Balaban J connectivity index is 1.15. The molecule has 2 unspecified atom stereocenters. The van der Waals surface area contributed by atoms with Crippen molar-refractivity contribution in [1.82, 2.24) is 24.3 Å². The Morgan fingerprint density at radius 3 is 2.38 bits per heavy atom. The van der Waals surface area contributed by atoms with Gasteiger partial charge in [0.25, 0.3) is 0 Å². The zero-order valence-electron chi connectivity index (χ0n) is 21.5. The molecule has 11 nitrogen and oxygen atoms in total. The smallest absolute Gasteiger partial charge is 0.338 e. The number of nitrogens with one attached hydrogen (secondary N) is 1. The summed E-state index contributed by atoms with van der Waals surface area (Å²) in [5, 5.41) is 2.69. The van der Waals surface area contributed by atoms with Gasteiger partial charge in [-0.1, -0.05) is 12.1 Å². The first-order valence-electron chi connectivity index (χ1n) is 12.8. The lowest BCUT2D eigenvalue weighted by Crippen LogP contribution is -2.58. The van der Waals surface area contributed by atoms with Crippen molar-refractivity contribution in [2.45, 2.75) is 32.4 Å². The van der Waals surface area contributed by atoms with Crippen molar-refractivity contribution in [3.63, 3.8) is 0 Å². The van der Waals surface area contributed by atoms with Gasteiger partial charge in [-0.3, -0.25) is 19.6 Å². The summed E-state index contributed by atoms with van der Waals surface area (Å²) in [7, 11) is 0. The van der Waals surface area contributed by atoms with Crippen molar-refractivity contribution < 1.29 is 9.59 Å². The fraction of sp³-hybridized carbons (Fsp3) is 0.538. The summed E-state index contributed by atoms with van der Waals surface area (Å²) < 4.78 is 1.45. The Kier molecular flexibility index (Phi) is 6.55. The summed E-state index contributed by atoms with van der Waals surface area (Å²) >= 11 is 0. The maximum Gasteiger partial charge on any atom is 0.354 e. The van der Waals surface area contributed by atoms with Gasteiger partial charge in [0.05, 0.1) is 11.2 Å². The molecule has 0 radical (unpaired) electrons. The molecule has 3 heterocycles. The van der Waals surface area contributed by atoms with E-state index in [1.807, 2.05) is 24.3 Å². The van der Waals surface area contributed by atoms with E-state index < -0.39 is 11.2 Å². The molecule has 3 fully saturated rings. The molecule has 3 amide bonds. The molecule has 198 valence electrons. The van der Waals surface area contributed by atoms with Crippen LogP contribution in [-0.4, -0.2) is 87.5 Å². The van der Waals surface area contributed by atoms with Gasteiger partial charge >= 0.3 is 11.7 Å². The Bertz CT molecular complexity index is 1230. The highest BCUT2D eigenvalue weighted by Gasteiger charge is 2.58. The Morgan fingerprint density at radius 2 is 1.78 bits per heavy atom. The van der Waals surface area contributed by atoms with Crippen molar-refractivity contribution in [2.75, 3.05) is 51.1 Å². The molecule has 0 spiro atoms. The average molecular weight is 509 g/mol. The first kappa shape index (κ1) is 25.4. The van der Waals surface area contributed by atoms with Crippen molar-refractivity contribution in [2.24, 2.45) is 22.8 Å². The minimum Gasteiger partial charge on any atom is -0.338 e. The zero-order chi connectivity index (χ0) is 26.4. The summed E-state index contributed by atoms with van der Waals surface area (Å²) in [5.41, 5.74) is 12.7. The Hall–Kier alpha value is -3.28. The Morgan fingerprint density at radius 1 is 1.11 bits per heavy atom. The number of amides is 3. The minimum atomic E-state index is -0.944. The topological polar surface area (TPSA) is 143 Å². The van der Waals surface area contributed by atoms with E-state index in [0.29, 0.717) is 37.3 Å². The molecule has 2 aliphatic heterocycles. The van der Waals surface area contributed by atoms with Crippen LogP contribution in [0.5, 0.6) is 0 Å². The standard InChI is InChI=1S/C26H36N8O3/c1-25(2,28)22(35)32-9-11-33(12-10-32)23(36)29-21-7-8-34(24(37)30-21)20-5-3-18(4-6-20)14-31-15-19-13-26(19,16-27)17-31/h3-8,19H,9-17,27-28H2,1-2H3,(H,29,30,36,37). The number of carbonyl (C=O) groups is 2. The van der Waals surface area contributed by atoms with Crippen molar-refractivity contribution in [1.29, 1.82) is 0 Å². The number of nitrogens with two attached hydrogens (primary N) is 2. The van der Waals surface area contributed by atoms with Gasteiger partial charge in [0, 0.05) is 52.0 Å². The number of hydrogen-bond acceptors (Lipinski definition) is 7. The molecule has 5 rings (SSSR count). The number of anilines is 1. The van der Waals surface area contributed by atoms with Crippen LogP contribution in [0.3, 0.4) is 0 Å². The van der Waals surface area contributed by atoms with Crippen LogP contribution in [0.15, 0.2) is 41.3 Å². The second-order valence-corrected chi connectivity index (χ2v) is 11.2. The van der Waals surface area contributed by atoms with Crippen LogP contribution in [-0.2, 0) is 11.3 Å². The molecule has 3 aliphatic rings. The van der Waals surface area contributed by atoms with Crippen molar-refractivity contribution in [3.05, 3.63) is 52.6 Å². The maximum atomic E-state index is 12.7. The van der Waals surface area contributed by atoms with Crippen LogP contribution < -0.4 is 22.5 Å². The predicted molar refractivity (Wildman–Crippen MR) is 140 cm³/mol. The number of piperazine rings is 1. The fourth-order valence-corrected chi connectivity index (χ4v) is 5.54. The van der Waals surface area contributed by atoms with Crippen molar-refractivity contribution in [3.8, 4) is 5.69 Å². The first-order chi connectivity index (χ1) is 17.6. The lowest BCUT2D eigenvalue weighted by atomic mass is 10.1. The third-order valence-electron chi connectivity index (χ3n) is 7.85. The number of carbonyl (C=O) groups excluding carboxylic acids is 2. The van der Waals surface area contributed by atoms with Gasteiger partial charge in [0.2, 0.25) is 5.91 Å². The van der Waals surface area contributed by atoms with E-state index in [9.17, 15) is 14.4 Å². The maximum absolute atomic E-state index is 12.7. The summed E-state index contributed by atoms with van der Waals surface area (Å²) in [6.07, 6.45) is 2.87. The highest BCUT2D eigenvalue weighted by Crippen LogP contribution is 2.57. The molecule has 2 saturated heterocycles. The molecule has 0 bridgehead atoms. The summed E-state index contributed by atoms with van der Waals surface area (Å²) in [6, 6.07) is 9.14. The van der Waals surface area contributed by atoms with Gasteiger partial charge in [-0.2, -0.15) is 4.98 Å². The number of urea groups is 1. The summed E-state index contributed by atoms with van der Waals surface area (Å²) in [5.74, 6) is 0.794. The van der Waals surface area contributed by atoms with Gasteiger partial charge in [-0.25, -0.2) is 9.59 Å². The normalized spacial score (nSPS) is 23.6. The highest BCUT2D eigenvalue weighted by atomic mass is 16.2. The number of fused-ring (bicyclic) bond motifs is 1. The molecule has 1 aliphatic carbocycles. The van der Waals surface area contributed by atoms with E-state index in [1.54, 1.807) is 35.9 Å². The SMILES string of the molecule is CC(C)(N)C(=O)N1CCN(C(=O)Nc2ccn(-c3ccc(CN4CC5CC5(CN)C4)cc3)c(=O)n2)CC1. The average Bonchev–Trinajstić information content (AvgIpc) is 3.44. The lowest BCUT2D eigenvalue weighted by Gasteiger charge is -2.37. The molecule has 2 aromatic rings. The molecule has 2 atom stereocenters. The largest absolute Gasteiger partial charge is 0.354 e. The number of aromatic nitrogens is 2. The summed E-state index contributed by atoms with van der Waals surface area (Å²) in [6.45, 7) is 8.72. The predicted octanol–water partition coefficient (Wildman–Crippen LogP) is 0.427. The third kappa shape index (κ3) is 5.25. The molecule has 1 aromatic carbocycles. The first-order valence-corrected chi connectivity index (χ1v) is 12.8. The second kappa shape index (κ2) is 9.55. The van der Waals surface area contributed by atoms with E-state index in [-0.39, 0.29) is 17.8 Å².